The third-order valence-corrected chi connectivity index (χ3v) is 4.17. The van der Waals surface area contributed by atoms with E-state index in [2.05, 4.69) is 15.8 Å². The quantitative estimate of drug-likeness (QED) is 0.542. The molecule has 2 aromatic rings. The van der Waals surface area contributed by atoms with Gasteiger partial charge in [-0.2, -0.15) is 5.10 Å². The van der Waals surface area contributed by atoms with Crippen LogP contribution in [0.25, 0.3) is 0 Å². The van der Waals surface area contributed by atoms with Gasteiger partial charge in [0.1, 0.15) is 11.8 Å². The van der Waals surface area contributed by atoms with Crippen LogP contribution in [0.3, 0.4) is 0 Å². The van der Waals surface area contributed by atoms with Crippen molar-refractivity contribution >= 4 is 18.0 Å². The number of phenolic OH excluding ortho intramolecular Hbond substituents is 1. The Balaban J connectivity index is 2.04. The van der Waals surface area contributed by atoms with Crippen molar-refractivity contribution in [2.75, 3.05) is 0 Å². The van der Waals surface area contributed by atoms with Crippen LogP contribution >= 0.6 is 0 Å². The summed E-state index contributed by atoms with van der Waals surface area (Å²) < 4.78 is 0. The molecule has 0 bridgehead atoms. The van der Waals surface area contributed by atoms with Gasteiger partial charge in [0.05, 0.1) is 6.21 Å². The number of aromatic hydroxyl groups is 1. The highest BCUT2D eigenvalue weighted by Crippen LogP contribution is 2.21. The van der Waals surface area contributed by atoms with Crippen LogP contribution < -0.4 is 10.7 Å². The molecule has 0 fully saturated rings. The molecule has 0 aliphatic carbocycles. The van der Waals surface area contributed by atoms with Gasteiger partial charge >= 0.3 is 0 Å². The van der Waals surface area contributed by atoms with Crippen LogP contribution in [0, 0.1) is 19.8 Å². The minimum atomic E-state index is -0.710. The molecular weight excluding hydrogens is 342 g/mol. The van der Waals surface area contributed by atoms with E-state index in [1.165, 1.54) is 6.21 Å². The number of nitrogens with one attached hydrogen (secondary N) is 2. The van der Waals surface area contributed by atoms with E-state index < -0.39 is 11.9 Å². The molecule has 1 unspecified atom stereocenters. The number of hydrogen-bond acceptors (Lipinski definition) is 4. The average molecular weight is 367 g/mol. The summed E-state index contributed by atoms with van der Waals surface area (Å²) >= 11 is 0. The molecule has 0 saturated heterocycles. The minimum absolute atomic E-state index is 0.106. The fraction of sp³-hybridized carbons (Fsp3) is 0.286. The molecule has 1 atom stereocenters. The highest BCUT2D eigenvalue weighted by Gasteiger charge is 2.24. The standard InChI is InChI=1S/C21H25N3O3/c1-13(2)18(23-20(26)17-8-6-5-7-9-17)21(27)24-22-12-16-10-14(3)19(25)15(4)11-16/h5-13,18,25H,1-4H3,(H,23,26)(H,24,27)/b22-12+. The van der Waals surface area contributed by atoms with E-state index in [1.54, 1.807) is 50.2 Å². The van der Waals surface area contributed by atoms with Gasteiger partial charge in [-0.05, 0) is 60.7 Å². The van der Waals surface area contributed by atoms with Gasteiger partial charge in [0.25, 0.3) is 11.8 Å². The first-order valence-corrected chi connectivity index (χ1v) is 8.78. The Morgan fingerprint density at radius 3 is 2.22 bits per heavy atom. The van der Waals surface area contributed by atoms with Crippen LogP contribution in [0.2, 0.25) is 0 Å². The molecule has 0 aliphatic rings. The van der Waals surface area contributed by atoms with Gasteiger partial charge in [-0.3, -0.25) is 9.59 Å². The van der Waals surface area contributed by atoms with E-state index in [4.69, 9.17) is 0 Å². The predicted molar refractivity (Wildman–Crippen MR) is 106 cm³/mol. The molecule has 0 aliphatic heterocycles. The van der Waals surface area contributed by atoms with Crippen molar-refractivity contribution in [1.82, 2.24) is 10.7 Å². The van der Waals surface area contributed by atoms with Gasteiger partial charge in [-0.1, -0.05) is 32.0 Å². The highest BCUT2D eigenvalue weighted by atomic mass is 16.3. The van der Waals surface area contributed by atoms with Crippen molar-refractivity contribution in [1.29, 1.82) is 0 Å². The molecule has 27 heavy (non-hydrogen) atoms. The second-order valence-corrected chi connectivity index (χ2v) is 6.80. The Labute approximate surface area is 159 Å². The van der Waals surface area contributed by atoms with Crippen molar-refractivity contribution < 1.29 is 14.7 Å². The largest absolute Gasteiger partial charge is 0.507 e. The fourth-order valence-corrected chi connectivity index (χ4v) is 2.65. The average Bonchev–Trinajstić information content (AvgIpc) is 2.64. The number of hydrogen-bond donors (Lipinski definition) is 3. The Morgan fingerprint density at radius 1 is 1.07 bits per heavy atom. The highest BCUT2D eigenvalue weighted by molar-refractivity contribution is 5.97. The molecular formula is C21H25N3O3. The lowest BCUT2D eigenvalue weighted by Crippen LogP contribution is -2.48. The number of hydrazone groups is 1. The van der Waals surface area contributed by atoms with Gasteiger partial charge in [0.2, 0.25) is 0 Å². The number of carbonyl (C=O) groups excluding carboxylic acids is 2. The summed E-state index contributed by atoms with van der Waals surface area (Å²) in [6, 6.07) is 11.6. The predicted octanol–water partition coefficient (Wildman–Crippen LogP) is 2.91. The number of rotatable bonds is 6. The van der Waals surface area contributed by atoms with Crippen LogP contribution in [0.1, 0.15) is 40.9 Å². The summed E-state index contributed by atoms with van der Waals surface area (Å²) in [5.74, 6) is -0.554. The van der Waals surface area contributed by atoms with Crippen molar-refractivity contribution in [2.45, 2.75) is 33.7 Å². The van der Waals surface area contributed by atoms with Crippen molar-refractivity contribution in [3.05, 3.63) is 64.7 Å². The summed E-state index contributed by atoms with van der Waals surface area (Å²) in [6.45, 7) is 7.30. The summed E-state index contributed by atoms with van der Waals surface area (Å²) in [5.41, 5.74) is 5.20. The zero-order valence-corrected chi connectivity index (χ0v) is 16.0. The normalized spacial score (nSPS) is 12.2. The Kier molecular flexibility index (Phi) is 6.71. The first-order valence-electron chi connectivity index (χ1n) is 8.78. The number of carbonyl (C=O) groups is 2. The fourth-order valence-electron chi connectivity index (χ4n) is 2.65. The van der Waals surface area contributed by atoms with Crippen LogP contribution in [-0.4, -0.2) is 29.2 Å². The molecule has 0 aromatic heterocycles. The van der Waals surface area contributed by atoms with Crippen LogP contribution in [0.5, 0.6) is 5.75 Å². The van der Waals surface area contributed by atoms with E-state index in [-0.39, 0.29) is 17.6 Å². The van der Waals surface area contributed by atoms with Gasteiger partial charge in [0, 0.05) is 5.56 Å². The summed E-state index contributed by atoms with van der Waals surface area (Å²) in [4.78, 5) is 24.8. The van der Waals surface area contributed by atoms with Gasteiger partial charge in [0.15, 0.2) is 0 Å². The summed E-state index contributed by atoms with van der Waals surface area (Å²) in [5, 5.41) is 16.5. The van der Waals surface area contributed by atoms with Crippen molar-refractivity contribution in [2.24, 2.45) is 11.0 Å². The minimum Gasteiger partial charge on any atom is -0.507 e. The maximum atomic E-state index is 12.5. The molecule has 0 radical (unpaired) electrons. The number of phenols is 1. The molecule has 6 nitrogen and oxygen atoms in total. The number of benzene rings is 2. The Bertz CT molecular complexity index is 822. The zero-order valence-electron chi connectivity index (χ0n) is 16.0. The maximum absolute atomic E-state index is 12.5. The van der Waals surface area contributed by atoms with Crippen LogP contribution in [0.4, 0.5) is 0 Å². The molecule has 6 heteroatoms. The number of amides is 2. The molecule has 142 valence electrons. The lowest BCUT2D eigenvalue weighted by molar-refractivity contribution is -0.123. The molecule has 0 heterocycles. The lowest BCUT2D eigenvalue weighted by Gasteiger charge is -2.20. The van der Waals surface area contributed by atoms with Gasteiger partial charge in [-0.25, -0.2) is 5.43 Å². The topological polar surface area (TPSA) is 90.8 Å². The number of nitrogens with zero attached hydrogens (tertiary/aromatic N) is 1. The van der Waals surface area contributed by atoms with Crippen molar-refractivity contribution in [3.63, 3.8) is 0 Å². The van der Waals surface area contributed by atoms with E-state index in [0.29, 0.717) is 5.56 Å². The second-order valence-electron chi connectivity index (χ2n) is 6.80. The van der Waals surface area contributed by atoms with Gasteiger partial charge < -0.3 is 10.4 Å². The molecule has 0 saturated carbocycles. The first kappa shape index (κ1) is 20.2. The van der Waals surface area contributed by atoms with Crippen molar-refractivity contribution in [3.8, 4) is 5.75 Å². The van der Waals surface area contributed by atoms with E-state index in [0.717, 1.165) is 16.7 Å². The molecule has 2 aromatic carbocycles. The first-order chi connectivity index (χ1) is 12.8. The third kappa shape index (κ3) is 5.41. The molecule has 3 N–H and O–H groups in total. The Morgan fingerprint density at radius 2 is 1.67 bits per heavy atom. The van der Waals surface area contributed by atoms with E-state index in [1.807, 2.05) is 19.9 Å². The third-order valence-electron chi connectivity index (χ3n) is 4.17. The molecule has 2 rings (SSSR count). The molecule has 0 spiro atoms. The Hall–Kier alpha value is -3.15. The zero-order chi connectivity index (χ0) is 20.0. The van der Waals surface area contributed by atoms with E-state index in [9.17, 15) is 14.7 Å². The lowest BCUT2D eigenvalue weighted by atomic mass is 10.0. The van der Waals surface area contributed by atoms with Crippen LogP contribution in [-0.2, 0) is 4.79 Å². The smallest absolute Gasteiger partial charge is 0.262 e. The summed E-state index contributed by atoms with van der Waals surface area (Å²) in [7, 11) is 0. The second kappa shape index (κ2) is 8.98. The summed E-state index contributed by atoms with van der Waals surface area (Å²) in [6.07, 6.45) is 1.51. The SMILES string of the molecule is Cc1cc(/C=N/NC(=O)C(NC(=O)c2ccccc2)C(C)C)cc(C)c1O. The van der Waals surface area contributed by atoms with E-state index >= 15 is 0 Å². The van der Waals surface area contributed by atoms with Crippen LogP contribution in [0.15, 0.2) is 47.6 Å². The van der Waals surface area contributed by atoms with Gasteiger partial charge in [-0.15, -0.1) is 0 Å². The number of aryl methyl sites for hydroxylation is 2. The maximum Gasteiger partial charge on any atom is 0.262 e. The monoisotopic (exact) mass is 367 g/mol. The molecule has 2 amide bonds.